The maximum absolute atomic E-state index is 10.3. The number of para-hydroxylation sites is 2. The van der Waals surface area contributed by atoms with Crippen LogP contribution in [0, 0.1) is 0 Å². The molecule has 0 amide bonds. The van der Waals surface area contributed by atoms with E-state index in [0.29, 0.717) is 28.8 Å². The van der Waals surface area contributed by atoms with E-state index in [0.717, 1.165) is 11.4 Å². The quantitative estimate of drug-likeness (QED) is 0.819. The lowest BCUT2D eigenvalue weighted by atomic mass is 10.1. The summed E-state index contributed by atoms with van der Waals surface area (Å²) in [6.07, 6.45) is -0.758. The monoisotopic (exact) mass is 325 g/mol. The Morgan fingerprint density at radius 1 is 1.19 bits per heavy atom. The van der Waals surface area contributed by atoms with Gasteiger partial charge in [0.25, 0.3) is 0 Å². The first kappa shape index (κ1) is 16.0. The summed E-state index contributed by atoms with van der Waals surface area (Å²) in [4.78, 5) is 0. The average Bonchev–Trinajstić information content (AvgIpc) is 2.49. The Hall–Kier alpha value is -1.42. The van der Waals surface area contributed by atoms with Gasteiger partial charge < -0.3 is 15.2 Å². The minimum Gasteiger partial charge on any atom is -0.492 e. The lowest BCUT2D eigenvalue weighted by molar-refractivity contribution is 0.191. The minimum atomic E-state index is -0.758. The van der Waals surface area contributed by atoms with Crippen LogP contribution in [0.3, 0.4) is 0 Å². The number of aliphatic hydroxyl groups is 1. The van der Waals surface area contributed by atoms with Gasteiger partial charge in [0.2, 0.25) is 0 Å². The molecule has 1 unspecified atom stereocenters. The molecule has 0 aliphatic carbocycles. The van der Waals surface area contributed by atoms with E-state index in [1.807, 2.05) is 31.2 Å². The van der Waals surface area contributed by atoms with Gasteiger partial charge in [-0.25, -0.2) is 0 Å². The second-order valence-corrected chi connectivity index (χ2v) is 5.34. The van der Waals surface area contributed by atoms with Crippen LogP contribution in [-0.4, -0.2) is 18.3 Å². The lowest BCUT2D eigenvalue weighted by Crippen LogP contribution is -2.13. The first-order valence-corrected chi connectivity index (χ1v) is 7.46. The van der Waals surface area contributed by atoms with Gasteiger partial charge >= 0.3 is 0 Å². The summed E-state index contributed by atoms with van der Waals surface area (Å²) in [6.45, 7) is 2.82. The molecule has 0 heterocycles. The van der Waals surface area contributed by atoms with Gasteiger partial charge in [-0.05, 0) is 37.3 Å². The number of anilines is 1. The SMILES string of the molecule is CCOc1ccccc1NCC(O)c1cc(Cl)ccc1Cl. The van der Waals surface area contributed by atoms with Crippen molar-refractivity contribution in [3.05, 3.63) is 58.1 Å². The Morgan fingerprint density at radius 3 is 2.71 bits per heavy atom. The molecule has 2 rings (SSSR count). The van der Waals surface area contributed by atoms with Crippen LogP contribution < -0.4 is 10.1 Å². The maximum Gasteiger partial charge on any atom is 0.142 e. The van der Waals surface area contributed by atoms with Crippen molar-refractivity contribution in [1.29, 1.82) is 0 Å². The van der Waals surface area contributed by atoms with Crippen LogP contribution in [0.15, 0.2) is 42.5 Å². The normalized spacial score (nSPS) is 12.0. The van der Waals surface area contributed by atoms with E-state index in [4.69, 9.17) is 27.9 Å². The van der Waals surface area contributed by atoms with E-state index in [1.54, 1.807) is 18.2 Å². The van der Waals surface area contributed by atoms with E-state index in [-0.39, 0.29) is 0 Å². The summed E-state index contributed by atoms with van der Waals surface area (Å²) in [6, 6.07) is 12.6. The topological polar surface area (TPSA) is 41.5 Å². The highest BCUT2D eigenvalue weighted by molar-refractivity contribution is 6.33. The molecule has 112 valence electrons. The van der Waals surface area contributed by atoms with Gasteiger partial charge in [0, 0.05) is 22.2 Å². The molecule has 3 nitrogen and oxygen atoms in total. The highest BCUT2D eigenvalue weighted by Gasteiger charge is 2.13. The average molecular weight is 326 g/mol. The third-order valence-corrected chi connectivity index (χ3v) is 3.57. The van der Waals surface area contributed by atoms with Crippen LogP contribution in [0.5, 0.6) is 5.75 Å². The van der Waals surface area contributed by atoms with Crippen LogP contribution in [0.25, 0.3) is 0 Å². The fourth-order valence-corrected chi connectivity index (χ4v) is 2.40. The molecule has 2 aromatic carbocycles. The Balaban J connectivity index is 2.07. The summed E-state index contributed by atoms with van der Waals surface area (Å²) in [5.41, 5.74) is 1.43. The Labute approximate surface area is 134 Å². The van der Waals surface area contributed by atoms with Crippen molar-refractivity contribution in [2.45, 2.75) is 13.0 Å². The number of nitrogens with one attached hydrogen (secondary N) is 1. The van der Waals surface area contributed by atoms with Crippen molar-refractivity contribution in [3.8, 4) is 5.75 Å². The number of rotatable bonds is 6. The second-order valence-electron chi connectivity index (χ2n) is 4.49. The highest BCUT2D eigenvalue weighted by atomic mass is 35.5. The molecule has 2 N–H and O–H groups in total. The first-order valence-electron chi connectivity index (χ1n) is 6.70. The molecule has 5 heteroatoms. The van der Waals surface area contributed by atoms with Crippen LogP contribution in [0.1, 0.15) is 18.6 Å². The molecular weight excluding hydrogens is 309 g/mol. The molecule has 0 bridgehead atoms. The fraction of sp³-hybridized carbons (Fsp3) is 0.250. The standard InChI is InChI=1S/C16H17Cl2NO2/c1-2-21-16-6-4-3-5-14(16)19-10-15(20)12-9-11(17)7-8-13(12)18/h3-9,15,19-20H,2,10H2,1H3. The number of halogens is 2. The highest BCUT2D eigenvalue weighted by Crippen LogP contribution is 2.28. The molecule has 0 aromatic heterocycles. The van der Waals surface area contributed by atoms with E-state index < -0.39 is 6.10 Å². The molecule has 0 spiro atoms. The van der Waals surface area contributed by atoms with Crippen LogP contribution in [0.2, 0.25) is 10.0 Å². The van der Waals surface area contributed by atoms with Crippen molar-refractivity contribution in [1.82, 2.24) is 0 Å². The van der Waals surface area contributed by atoms with Gasteiger partial charge in [0.15, 0.2) is 0 Å². The number of benzene rings is 2. The fourth-order valence-electron chi connectivity index (χ4n) is 1.98. The summed E-state index contributed by atoms with van der Waals surface area (Å²) >= 11 is 12.0. The predicted octanol–water partition coefficient (Wildman–Crippen LogP) is 4.54. The second kappa shape index (κ2) is 7.55. The number of hydrogen-bond donors (Lipinski definition) is 2. The van der Waals surface area contributed by atoms with Gasteiger partial charge in [-0.15, -0.1) is 0 Å². The van der Waals surface area contributed by atoms with Crippen molar-refractivity contribution >= 4 is 28.9 Å². The number of ether oxygens (including phenoxy) is 1. The largest absolute Gasteiger partial charge is 0.492 e. The summed E-state index contributed by atoms with van der Waals surface area (Å²) in [7, 11) is 0. The zero-order valence-corrected chi connectivity index (χ0v) is 13.2. The van der Waals surface area contributed by atoms with Crippen LogP contribution >= 0.6 is 23.2 Å². The molecule has 0 saturated heterocycles. The van der Waals surface area contributed by atoms with E-state index in [2.05, 4.69) is 5.32 Å². The van der Waals surface area contributed by atoms with Crippen molar-refractivity contribution in [2.75, 3.05) is 18.5 Å². The zero-order chi connectivity index (χ0) is 15.2. The number of aliphatic hydroxyl groups excluding tert-OH is 1. The molecule has 0 aliphatic rings. The Bertz CT molecular complexity index is 605. The van der Waals surface area contributed by atoms with Gasteiger partial charge in [-0.1, -0.05) is 35.3 Å². The summed E-state index contributed by atoms with van der Waals surface area (Å²) in [5.74, 6) is 0.754. The first-order chi connectivity index (χ1) is 10.1. The molecule has 0 fully saturated rings. The van der Waals surface area contributed by atoms with Crippen molar-refractivity contribution in [3.63, 3.8) is 0 Å². The van der Waals surface area contributed by atoms with E-state index in [9.17, 15) is 5.11 Å². The lowest BCUT2D eigenvalue weighted by Gasteiger charge is -2.17. The maximum atomic E-state index is 10.3. The summed E-state index contributed by atoms with van der Waals surface area (Å²) in [5, 5.41) is 14.5. The van der Waals surface area contributed by atoms with E-state index >= 15 is 0 Å². The van der Waals surface area contributed by atoms with Gasteiger partial charge in [-0.3, -0.25) is 0 Å². The van der Waals surface area contributed by atoms with Crippen LogP contribution in [0.4, 0.5) is 5.69 Å². The third-order valence-electron chi connectivity index (χ3n) is 2.99. The van der Waals surface area contributed by atoms with Gasteiger partial charge in [-0.2, -0.15) is 0 Å². The number of hydrogen-bond acceptors (Lipinski definition) is 3. The molecule has 0 radical (unpaired) electrons. The third kappa shape index (κ3) is 4.27. The smallest absolute Gasteiger partial charge is 0.142 e. The molecule has 0 aliphatic heterocycles. The Morgan fingerprint density at radius 2 is 1.95 bits per heavy atom. The van der Waals surface area contributed by atoms with Crippen molar-refractivity contribution in [2.24, 2.45) is 0 Å². The van der Waals surface area contributed by atoms with Gasteiger partial charge in [0.05, 0.1) is 18.4 Å². The summed E-state index contributed by atoms with van der Waals surface area (Å²) < 4.78 is 5.53. The molecule has 2 aromatic rings. The zero-order valence-electron chi connectivity index (χ0n) is 11.6. The minimum absolute atomic E-state index is 0.310. The predicted molar refractivity (Wildman–Crippen MR) is 87.5 cm³/mol. The van der Waals surface area contributed by atoms with Gasteiger partial charge in [0.1, 0.15) is 5.75 Å². The molecule has 0 saturated carbocycles. The van der Waals surface area contributed by atoms with E-state index in [1.165, 1.54) is 0 Å². The molecule has 21 heavy (non-hydrogen) atoms. The van der Waals surface area contributed by atoms with Crippen molar-refractivity contribution < 1.29 is 9.84 Å². The Kier molecular flexibility index (Phi) is 5.74. The van der Waals surface area contributed by atoms with Crippen LogP contribution in [-0.2, 0) is 0 Å². The molecular formula is C16H17Cl2NO2. The molecule has 1 atom stereocenters.